The van der Waals surface area contributed by atoms with Crippen LogP contribution in [0.3, 0.4) is 0 Å². The van der Waals surface area contributed by atoms with Gasteiger partial charge in [0.15, 0.2) is 0 Å². The second kappa shape index (κ2) is 5.30. The van der Waals surface area contributed by atoms with Crippen molar-refractivity contribution in [1.29, 1.82) is 0 Å². The van der Waals surface area contributed by atoms with Crippen LogP contribution in [0.25, 0.3) is 0 Å². The van der Waals surface area contributed by atoms with Gasteiger partial charge < -0.3 is 0 Å². The lowest BCUT2D eigenvalue weighted by Gasteiger charge is -2.11. The first-order chi connectivity index (χ1) is 9.25. The van der Waals surface area contributed by atoms with Gasteiger partial charge in [-0.2, -0.15) is 0 Å². The summed E-state index contributed by atoms with van der Waals surface area (Å²) in [5.74, 6) is 0.417. The highest BCUT2D eigenvalue weighted by molar-refractivity contribution is 9.10. The molecule has 0 fully saturated rings. The molecule has 0 aromatic heterocycles. The zero-order chi connectivity index (χ0) is 13.2. The molecular weight excluding hydrogens is 300 g/mol. The highest BCUT2D eigenvalue weighted by Crippen LogP contribution is 2.34. The van der Waals surface area contributed by atoms with Gasteiger partial charge in [0.2, 0.25) is 0 Å². The van der Waals surface area contributed by atoms with Crippen LogP contribution in [0.5, 0.6) is 0 Å². The van der Waals surface area contributed by atoms with Crippen molar-refractivity contribution in [1.82, 2.24) is 0 Å². The maximum absolute atomic E-state index is 12.5. The number of carbonyl (C=O) groups is 1. The van der Waals surface area contributed by atoms with Gasteiger partial charge >= 0.3 is 0 Å². The summed E-state index contributed by atoms with van der Waals surface area (Å²) in [6.07, 6.45) is 2.51. The summed E-state index contributed by atoms with van der Waals surface area (Å²) in [5.41, 5.74) is 3.66. The van der Waals surface area contributed by atoms with Crippen LogP contribution < -0.4 is 0 Å². The third-order valence-corrected chi connectivity index (χ3v) is 4.62. The molecule has 0 N–H and O–H groups in total. The Balaban J connectivity index is 1.81. The Morgan fingerprint density at radius 3 is 2.68 bits per heavy atom. The van der Waals surface area contributed by atoms with Gasteiger partial charge in [0, 0.05) is 16.8 Å². The predicted octanol–water partition coefficient (Wildman–Crippen LogP) is 4.29. The molecule has 1 nitrogen and oxygen atoms in total. The number of carbonyl (C=O) groups excluding carboxylic acids is 1. The molecule has 0 amide bonds. The van der Waals surface area contributed by atoms with Gasteiger partial charge in [0.1, 0.15) is 5.78 Å². The minimum absolute atomic E-state index is 0.0864. The van der Waals surface area contributed by atoms with Crippen LogP contribution in [0.2, 0.25) is 0 Å². The van der Waals surface area contributed by atoms with Gasteiger partial charge in [0.05, 0.1) is 0 Å². The van der Waals surface area contributed by atoms with Gasteiger partial charge in [-0.3, -0.25) is 4.79 Å². The van der Waals surface area contributed by atoms with E-state index >= 15 is 0 Å². The normalized spacial score (nSPS) is 17.2. The molecule has 0 saturated carbocycles. The van der Waals surface area contributed by atoms with E-state index in [4.69, 9.17) is 0 Å². The van der Waals surface area contributed by atoms with Crippen LogP contribution in [0.1, 0.15) is 29.0 Å². The SMILES string of the molecule is O=C(Cc1ccccc1Br)C1CCc2ccccc21. The largest absolute Gasteiger partial charge is 0.299 e. The van der Waals surface area contributed by atoms with E-state index in [-0.39, 0.29) is 5.92 Å². The van der Waals surface area contributed by atoms with Crippen molar-refractivity contribution in [2.24, 2.45) is 0 Å². The molecule has 0 radical (unpaired) electrons. The third-order valence-electron chi connectivity index (χ3n) is 3.84. The van der Waals surface area contributed by atoms with Crippen molar-refractivity contribution in [3.8, 4) is 0 Å². The van der Waals surface area contributed by atoms with Crippen LogP contribution >= 0.6 is 15.9 Å². The lowest BCUT2D eigenvalue weighted by atomic mass is 9.93. The van der Waals surface area contributed by atoms with E-state index in [9.17, 15) is 4.79 Å². The van der Waals surface area contributed by atoms with Gasteiger partial charge in [-0.25, -0.2) is 0 Å². The number of hydrogen-bond donors (Lipinski definition) is 0. The van der Waals surface area contributed by atoms with E-state index in [1.54, 1.807) is 0 Å². The van der Waals surface area contributed by atoms with E-state index in [0.29, 0.717) is 12.2 Å². The average molecular weight is 315 g/mol. The molecule has 2 aromatic carbocycles. The summed E-state index contributed by atoms with van der Waals surface area (Å²) in [6.45, 7) is 0. The van der Waals surface area contributed by atoms with Crippen molar-refractivity contribution in [3.63, 3.8) is 0 Å². The van der Waals surface area contributed by atoms with E-state index in [0.717, 1.165) is 22.9 Å². The Labute approximate surface area is 121 Å². The van der Waals surface area contributed by atoms with Gasteiger partial charge in [-0.1, -0.05) is 58.4 Å². The maximum atomic E-state index is 12.5. The topological polar surface area (TPSA) is 17.1 Å². The molecule has 3 rings (SSSR count). The van der Waals surface area contributed by atoms with Gasteiger partial charge in [-0.05, 0) is 35.6 Å². The highest BCUT2D eigenvalue weighted by Gasteiger charge is 2.28. The molecular formula is C17H15BrO. The molecule has 0 bridgehead atoms. The van der Waals surface area contributed by atoms with Crippen molar-refractivity contribution in [3.05, 3.63) is 69.7 Å². The number of rotatable bonds is 3. The molecule has 0 aliphatic heterocycles. The molecule has 0 spiro atoms. The summed E-state index contributed by atoms with van der Waals surface area (Å²) in [5, 5.41) is 0. The summed E-state index contributed by atoms with van der Waals surface area (Å²) >= 11 is 3.51. The first kappa shape index (κ1) is 12.6. The fourth-order valence-corrected chi connectivity index (χ4v) is 3.27. The average Bonchev–Trinajstić information content (AvgIpc) is 2.85. The van der Waals surface area contributed by atoms with Gasteiger partial charge in [-0.15, -0.1) is 0 Å². The smallest absolute Gasteiger partial charge is 0.144 e. The minimum Gasteiger partial charge on any atom is -0.299 e. The zero-order valence-electron chi connectivity index (χ0n) is 10.6. The Bertz CT molecular complexity index is 618. The van der Waals surface area contributed by atoms with Crippen LogP contribution in [-0.4, -0.2) is 5.78 Å². The first-order valence-electron chi connectivity index (χ1n) is 6.59. The molecule has 1 atom stereocenters. The molecule has 1 unspecified atom stereocenters. The fraction of sp³-hybridized carbons (Fsp3) is 0.235. The van der Waals surface area contributed by atoms with E-state index < -0.39 is 0 Å². The Morgan fingerprint density at radius 1 is 1.11 bits per heavy atom. The Hall–Kier alpha value is -1.41. The molecule has 2 aromatic rings. The minimum atomic E-state index is 0.0864. The number of halogens is 1. The van der Waals surface area contributed by atoms with E-state index in [1.807, 2.05) is 30.3 Å². The molecule has 1 aliphatic rings. The number of fused-ring (bicyclic) bond motifs is 1. The monoisotopic (exact) mass is 314 g/mol. The number of benzene rings is 2. The summed E-state index contributed by atoms with van der Waals surface area (Å²) in [6, 6.07) is 16.3. The van der Waals surface area contributed by atoms with Crippen LogP contribution in [0.4, 0.5) is 0 Å². The van der Waals surface area contributed by atoms with Crippen molar-refractivity contribution >= 4 is 21.7 Å². The quantitative estimate of drug-likeness (QED) is 0.826. The summed E-state index contributed by atoms with van der Waals surface area (Å²) < 4.78 is 1.02. The lowest BCUT2D eigenvalue weighted by molar-refractivity contribution is -0.119. The molecule has 0 heterocycles. The molecule has 19 heavy (non-hydrogen) atoms. The van der Waals surface area contributed by atoms with Crippen LogP contribution in [-0.2, 0) is 17.6 Å². The lowest BCUT2D eigenvalue weighted by Crippen LogP contribution is -2.12. The van der Waals surface area contributed by atoms with Crippen molar-refractivity contribution in [2.75, 3.05) is 0 Å². The second-order valence-electron chi connectivity index (χ2n) is 5.02. The van der Waals surface area contributed by atoms with E-state index in [2.05, 4.69) is 34.1 Å². The van der Waals surface area contributed by atoms with Gasteiger partial charge in [0.25, 0.3) is 0 Å². The second-order valence-corrected chi connectivity index (χ2v) is 5.88. The van der Waals surface area contributed by atoms with Crippen molar-refractivity contribution in [2.45, 2.75) is 25.2 Å². The predicted molar refractivity (Wildman–Crippen MR) is 80.4 cm³/mol. The number of hydrogen-bond acceptors (Lipinski definition) is 1. The Morgan fingerprint density at radius 2 is 1.84 bits per heavy atom. The summed E-state index contributed by atoms with van der Waals surface area (Å²) in [7, 11) is 0. The fourth-order valence-electron chi connectivity index (χ4n) is 2.84. The first-order valence-corrected chi connectivity index (χ1v) is 7.39. The molecule has 2 heteroatoms. The Kier molecular flexibility index (Phi) is 3.52. The maximum Gasteiger partial charge on any atom is 0.144 e. The number of aryl methyl sites for hydroxylation is 1. The molecule has 0 saturated heterocycles. The standard InChI is InChI=1S/C17H15BrO/c18-16-8-4-2-6-13(16)11-17(19)15-10-9-12-5-1-3-7-14(12)15/h1-8,15H,9-11H2. The zero-order valence-corrected chi connectivity index (χ0v) is 12.2. The third kappa shape index (κ3) is 2.50. The van der Waals surface area contributed by atoms with Crippen LogP contribution in [0, 0.1) is 0 Å². The van der Waals surface area contributed by atoms with Crippen molar-refractivity contribution < 1.29 is 4.79 Å². The van der Waals surface area contributed by atoms with Crippen LogP contribution in [0.15, 0.2) is 53.0 Å². The molecule has 96 valence electrons. The highest BCUT2D eigenvalue weighted by atomic mass is 79.9. The number of Topliss-reactive ketones (excluding diaryl/α,β-unsaturated/α-hetero) is 1. The van der Waals surface area contributed by atoms with E-state index in [1.165, 1.54) is 11.1 Å². The number of ketones is 1. The summed E-state index contributed by atoms with van der Waals surface area (Å²) in [4.78, 5) is 12.5. The molecule has 1 aliphatic carbocycles.